The predicted octanol–water partition coefficient (Wildman–Crippen LogP) is 2.99. The molecule has 0 radical (unpaired) electrons. The van der Waals surface area contributed by atoms with Gasteiger partial charge in [0.15, 0.2) is 0 Å². The molecule has 2 amide bonds. The summed E-state index contributed by atoms with van der Waals surface area (Å²) >= 11 is 0. The first-order valence-electron chi connectivity index (χ1n) is 7.71. The number of hydrogen-bond donors (Lipinski definition) is 2. The van der Waals surface area contributed by atoms with Crippen LogP contribution in [0.15, 0.2) is 24.3 Å². The van der Waals surface area contributed by atoms with Crippen molar-refractivity contribution in [2.24, 2.45) is 5.92 Å². The second-order valence-corrected chi connectivity index (χ2v) is 5.63. The van der Waals surface area contributed by atoms with Gasteiger partial charge in [-0.2, -0.15) is 0 Å². The van der Waals surface area contributed by atoms with E-state index in [4.69, 9.17) is 0 Å². The Kier molecular flexibility index (Phi) is 7.51. The molecule has 2 N–H and O–H groups in total. The van der Waals surface area contributed by atoms with Crippen LogP contribution in [0, 0.1) is 5.92 Å². The average Bonchev–Trinajstić information content (AvgIpc) is 2.47. The molecular weight excluding hydrogens is 264 g/mol. The van der Waals surface area contributed by atoms with Crippen LogP contribution in [0.3, 0.4) is 0 Å². The van der Waals surface area contributed by atoms with Gasteiger partial charge in [0.25, 0.3) is 11.8 Å². The summed E-state index contributed by atoms with van der Waals surface area (Å²) in [7, 11) is 0. The molecule has 0 aliphatic heterocycles. The molecule has 1 aromatic carbocycles. The molecule has 0 fully saturated rings. The van der Waals surface area contributed by atoms with Crippen LogP contribution < -0.4 is 10.6 Å². The van der Waals surface area contributed by atoms with E-state index in [2.05, 4.69) is 31.4 Å². The van der Waals surface area contributed by atoms with Crippen molar-refractivity contribution in [1.82, 2.24) is 10.6 Å². The Morgan fingerprint density at radius 2 is 1.62 bits per heavy atom. The maximum atomic E-state index is 12.0. The van der Waals surface area contributed by atoms with E-state index in [1.807, 2.05) is 0 Å². The van der Waals surface area contributed by atoms with Crippen molar-refractivity contribution in [1.29, 1.82) is 0 Å². The number of unbranched alkanes of at least 4 members (excludes halogenated alkanes) is 1. The Morgan fingerprint density at radius 1 is 1.05 bits per heavy atom. The lowest BCUT2D eigenvalue weighted by Crippen LogP contribution is -2.27. The lowest BCUT2D eigenvalue weighted by molar-refractivity contribution is 0.0951. The van der Waals surface area contributed by atoms with Crippen molar-refractivity contribution in [3.63, 3.8) is 0 Å². The summed E-state index contributed by atoms with van der Waals surface area (Å²) in [5.41, 5.74) is 1.06. The molecular formula is C17H26N2O2. The second kappa shape index (κ2) is 9.16. The van der Waals surface area contributed by atoms with Gasteiger partial charge in [0, 0.05) is 24.2 Å². The topological polar surface area (TPSA) is 58.2 Å². The van der Waals surface area contributed by atoms with Crippen LogP contribution in [0.4, 0.5) is 0 Å². The zero-order valence-electron chi connectivity index (χ0n) is 13.2. The highest BCUT2D eigenvalue weighted by Gasteiger charge is 2.10. The number of benzene rings is 1. The first-order chi connectivity index (χ1) is 10.0. The molecule has 1 aromatic rings. The molecule has 0 unspecified atom stereocenters. The van der Waals surface area contributed by atoms with Gasteiger partial charge >= 0.3 is 0 Å². The Morgan fingerprint density at radius 3 is 2.14 bits per heavy atom. The first-order valence-corrected chi connectivity index (χ1v) is 7.71. The maximum absolute atomic E-state index is 12.0. The van der Waals surface area contributed by atoms with Gasteiger partial charge in [0.05, 0.1) is 0 Å². The molecule has 0 bridgehead atoms. The van der Waals surface area contributed by atoms with Crippen LogP contribution in [0.1, 0.15) is 60.7 Å². The second-order valence-electron chi connectivity index (χ2n) is 5.63. The Hall–Kier alpha value is -1.84. The summed E-state index contributed by atoms with van der Waals surface area (Å²) in [6.07, 6.45) is 2.95. The van der Waals surface area contributed by atoms with E-state index in [1.165, 1.54) is 0 Å². The van der Waals surface area contributed by atoms with Crippen LogP contribution in [0.25, 0.3) is 0 Å². The van der Waals surface area contributed by atoms with E-state index >= 15 is 0 Å². The van der Waals surface area contributed by atoms with Crippen molar-refractivity contribution in [3.05, 3.63) is 35.4 Å². The van der Waals surface area contributed by atoms with Gasteiger partial charge in [0.2, 0.25) is 0 Å². The smallest absolute Gasteiger partial charge is 0.251 e. The highest BCUT2D eigenvalue weighted by Crippen LogP contribution is 2.06. The number of carbonyl (C=O) groups is 2. The van der Waals surface area contributed by atoms with Gasteiger partial charge in [-0.05, 0) is 37.0 Å². The van der Waals surface area contributed by atoms with Crippen molar-refractivity contribution >= 4 is 11.8 Å². The molecule has 0 heterocycles. The fourth-order valence-electron chi connectivity index (χ4n) is 1.86. The van der Waals surface area contributed by atoms with Gasteiger partial charge < -0.3 is 10.6 Å². The molecule has 0 aliphatic rings. The van der Waals surface area contributed by atoms with E-state index in [0.717, 1.165) is 19.3 Å². The Balaban J connectivity index is 2.58. The number of carbonyl (C=O) groups excluding carboxylic acids is 2. The van der Waals surface area contributed by atoms with E-state index in [-0.39, 0.29) is 11.8 Å². The molecule has 0 saturated carbocycles. The predicted molar refractivity (Wildman–Crippen MR) is 85.5 cm³/mol. The van der Waals surface area contributed by atoms with Crippen molar-refractivity contribution in [2.45, 2.75) is 40.0 Å². The van der Waals surface area contributed by atoms with Crippen LogP contribution in [-0.4, -0.2) is 24.9 Å². The van der Waals surface area contributed by atoms with Crippen molar-refractivity contribution in [3.8, 4) is 0 Å². The SMILES string of the molecule is CCCCNC(=O)c1cccc(C(=O)NCCC(C)C)c1. The summed E-state index contributed by atoms with van der Waals surface area (Å²) in [6, 6.07) is 6.85. The summed E-state index contributed by atoms with van der Waals surface area (Å²) < 4.78 is 0. The molecule has 0 saturated heterocycles. The van der Waals surface area contributed by atoms with Gasteiger partial charge in [-0.1, -0.05) is 33.3 Å². The summed E-state index contributed by atoms with van der Waals surface area (Å²) in [5, 5.41) is 5.73. The molecule has 116 valence electrons. The molecule has 21 heavy (non-hydrogen) atoms. The van der Waals surface area contributed by atoms with Crippen LogP contribution >= 0.6 is 0 Å². The standard InChI is InChI=1S/C17H26N2O2/c1-4-5-10-18-16(20)14-7-6-8-15(12-14)17(21)19-11-9-13(2)3/h6-8,12-13H,4-5,9-11H2,1-3H3,(H,18,20)(H,19,21). The minimum atomic E-state index is -0.126. The zero-order valence-corrected chi connectivity index (χ0v) is 13.2. The van der Waals surface area contributed by atoms with Gasteiger partial charge in [-0.15, -0.1) is 0 Å². The minimum Gasteiger partial charge on any atom is -0.352 e. The lowest BCUT2D eigenvalue weighted by Gasteiger charge is -2.09. The number of amides is 2. The van der Waals surface area contributed by atoms with E-state index < -0.39 is 0 Å². The fourth-order valence-corrected chi connectivity index (χ4v) is 1.86. The van der Waals surface area contributed by atoms with Gasteiger partial charge in [-0.25, -0.2) is 0 Å². The molecule has 0 aliphatic carbocycles. The largest absolute Gasteiger partial charge is 0.352 e. The monoisotopic (exact) mass is 290 g/mol. The third kappa shape index (κ3) is 6.43. The van der Waals surface area contributed by atoms with E-state index in [1.54, 1.807) is 24.3 Å². The molecule has 0 aromatic heterocycles. The highest BCUT2D eigenvalue weighted by molar-refractivity contribution is 5.99. The average molecular weight is 290 g/mol. The summed E-state index contributed by atoms with van der Waals surface area (Å²) in [4.78, 5) is 24.0. The van der Waals surface area contributed by atoms with Crippen LogP contribution in [0.5, 0.6) is 0 Å². The number of rotatable bonds is 8. The third-order valence-electron chi connectivity index (χ3n) is 3.21. The Bertz CT molecular complexity index is 470. The van der Waals surface area contributed by atoms with Crippen LogP contribution in [0.2, 0.25) is 0 Å². The third-order valence-corrected chi connectivity index (χ3v) is 3.21. The fraction of sp³-hybridized carbons (Fsp3) is 0.529. The molecule has 4 heteroatoms. The minimum absolute atomic E-state index is 0.125. The Labute approximate surface area is 127 Å². The van der Waals surface area contributed by atoms with Gasteiger partial charge in [-0.3, -0.25) is 9.59 Å². The first kappa shape index (κ1) is 17.2. The normalized spacial score (nSPS) is 10.5. The molecule has 0 spiro atoms. The summed E-state index contributed by atoms with van der Waals surface area (Å²) in [6.45, 7) is 7.64. The highest BCUT2D eigenvalue weighted by atomic mass is 16.2. The van der Waals surface area contributed by atoms with Crippen molar-refractivity contribution in [2.75, 3.05) is 13.1 Å². The quantitative estimate of drug-likeness (QED) is 0.723. The van der Waals surface area contributed by atoms with Gasteiger partial charge in [0.1, 0.15) is 0 Å². The zero-order chi connectivity index (χ0) is 15.7. The lowest BCUT2D eigenvalue weighted by atomic mass is 10.1. The summed E-state index contributed by atoms with van der Waals surface area (Å²) in [5.74, 6) is 0.306. The number of hydrogen-bond acceptors (Lipinski definition) is 2. The van der Waals surface area contributed by atoms with E-state index in [0.29, 0.717) is 30.1 Å². The molecule has 1 rings (SSSR count). The van der Waals surface area contributed by atoms with Crippen molar-refractivity contribution < 1.29 is 9.59 Å². The van der Waals surface area contributed by atoms with E-state index in [9.17, 15) is 9.59 Å². The number of nitrogens with one attached hydrogen (secondary N) is 2. The molecule has 0 atom stereocenters. The van der Waals surface area contributed by atoms with Crippen LogP contribution in [-0.2, 0) is 0 Å². The maximum Gasteiger partial charge on any atom is 0.251 e. The molecule has 4 nitrogen and oxygen atoms in total.